The molecule has 0 spiro atoms. The molecule has 0 radical (unpaired) electrons. The molecule has 2 atom stereocenters. The Morgan fingerprint density at radius 1 is 1.15 bits per heavy atom. The van der Waals surface area contributed by atoms with E-state index in [1.807, 2.05) is 0 Å². The monoisotopic (exact) mass is 478 g/mol. The second-order valence-corrected chi connectivity index (χ2v) is 8.17. The average molecular weight is 479 g/mol. The SMILES string of the molecule is Cc1c(C(C)C(=O)NC[C@@H](C)C(=O)O)c2c(F)c(O)ccc2n1C(=O)c1ccc(Cl)c(F)c1. The lowest BCUT2D eigenvalue weighted by atomic mass is 9.96. The lowest BCUT2D eigenvalue weighted by molar-refractivity contribution is -0.141. The summed E-state index contributed by atoms with van der Waals surface area (Å²) in [6.07, 6.45) is 0. The van der Waals surface area contributed by atoms with Gasteiger partial charge in [0.2, 0.25) is 5.91 Å². The number of carbonyl (C=O) groups excluding carboxylic acids is 2. The number of phenolic OH excluding ortho intramolecular Hbond substituents is 1. The van der Waals surface area contributed by atoms with E-state index >= 15 is 4.39 Å². The van der Waals surface area contributed by atoms with Crippen LogP contribution in [-0.4, -0.2) is 39.1 Å². The molecule has 0 aliphatic carbocycles. The molecule has 0 saturated carbocycles. The van der Waals surface area contributed by atoms with Gasteiger partial charge in [-0.15, -0.1) is 0 Å². The number of phenols is 1. The Bertz CT molecular complexity index is 1290. The van der Waals surface area contributed by atoms with Gasteiger partial charge in [-0.05, 0) is 49.7 Å². The number of benzene rings is 2. The third-order valence-corrected chi connectivity index (χ3v) is 5.84. The summed E-state index contributed by atoms with van der Waals surface area (Å²) in [6.45, 7) is 4.25. The molecule has 3 N–H and O–H groups in total. The Morgan fingerprint density at radius 3 is 2.42 bits per heavy atom. The van der Waals surface area contributed by atoms with Gasteiger partial charge < -0.3 is 15.5 Å². The summed E-state index contributed by atoms with van der Waals surface area (Å²) >= 11 is 5.70. The number of hydrogen-bond donors (Lipinski definition) is 3. The third-order valence-electron chi connectivity index (χ3n) is 5.54. The highest BCUT2D eigenvalue weighted by atomic mass is 35.5. The number of carboxylic acids is 1. The highest BCUT2D eigenvalue weighted by Gasteiger charge is 2.30. The third kappa shape index (κ3) is 4.41. The van der Waals surface area contributed by atoms with Gasteiger partial charge in [0.1, 0.15) is 5.82 Å². The molecule has 10 heteroatoms. The van der Waals surface area contributed by atoms with Crippen molar-refractivity contribution in [3.05, 3.63) is 63.8 Å². The van der Waals surface area contributed by atoms with Crippen LogP contribution in [0.3, 0.4) is 0 Å². The van der Waals surface area contributed by atoms with Crippen molar-refractivity contribution in [1.29, 1.82) is 0 Å². The smallest absolute Gasteiger partial charge is 0.308 e. The molecular formula is C23H21ClF2N2O5. The topological polar surface area (TPSA) is 109 Å². The number of amides is 1. The van der Waals surface area contributed by atoms with Crippen molar-refractivity contribution in [3.63, 3.8) is 0 Å². The van der Waals surface area contributed by atoms with Crippen molar-refractivity contribution in [2.75, 3.05) is 6.54 Å². The van der Waals surface area contributed by atoms with Gasteiger partial charge in [-0.25, -0.2) is 8.78 Å². The summed E-state index contributed by atoms with van der Waals surface area (Å²) in [4.78, 5) is 37.0. The largest absolute Gasteiger partial charge is 0.505 e. The molecular weight excluding hydrogens is 458 g/mol. The molecule has 1 unspecified atom stereocenters. The van der Waals surface area contributed by atoms with Crippen LogP contribution in [0.25, 0.3) is 10.9 Å². The van der Waals surface area contributed by atoms with Crippen LogP contribution < -0.4 is 5.32 Å². The normalized spacial score (nSPS) is 13.0. The van der Waals surface area contributed by atoms with E-state index in [-0.39, 0.29) is 39.3 Å². The summed E-state index contributed by atoms with van der Waals surface area (Å²) in [5.74, 6) is -6.69. The first kappa shape index (κ1) is 24.2. The predicted molar refractivity (Wildman–Crippen MR) is 118 cm³/mol. The number of nitrogens with zero attached hydrogens (tertiary/aromatic N) is 1. The maximum atomic E-state index is 15.0. The molecule has 3 rings (SSSR count). The van der Waals surface area contributed by atoms with Crippen LogP contribution in [0.4, 0.5) is 8.78 Å². The van der Waals surface area contributed by atoms with Crippen LogP contribution in [0.15, 0.2) is 30.3 Å². The van der Waals surface area contributed by atoms with Crippen LogP contribution in [0.1, 0.15) is 41.4 Å². The van der Waals surface area contributed by atoms with Crippen molar-refractivity contribution in [2.24, 2.45) is 5.92 Å². The number of nitrogens with one attached hydrogen (secondary N) is 1. The summed E-state index contributed by atoms with van der Waals surface area (Å²) < 4.78 is 30.1. The number of carboxylic acid groups (broad SMARTS) is 1. The van der Waals surface area contributed by atoms with Crippen LogP contribution in [0.5, 0.6) is 5.75 Å². The highest BCUT2D eigenvalue weighted by Crippen LogP contribution is 2.37. The number of aliphatic carboxylic acids is 1. The lowest BCUT2D eigenvalue weighted by Crippen LogP contribution is -2.34. The molecule has 0 aliphatic heterocycles. The minimum Gasteiger partial charge on any atom is -0.505 e. The number of rotatable bonds is 6. The molecule has 1 heterocycles. The van der Waals surface area contributed by atoms with Crippen LogP contribution in [0.2, 0.25) is 5.02 Å². The standard InChI is InChI=1S/C23H21ClF2N2O5/c1-10(23(32)33)9-27-21(30)11(2)18-12(3)28(16-6-7-17(29)20(26)19(16)18)22(31)13-4-5-14(24)15(25)8-13/h4-8,10-11,29H,9H2,1-3H3,(H,27,30)(H,32,33)/t10-,11?/m1/s1. The quantitative estimate of drug-likeness (QED) is 0.491. The molecule has 1 amide bonds. The maximum absolute atomic E-state index is 15.0. The maximum Gasteiger partial charge on any atom is 0.308 e. The van der Waals surface area contributed by atoms with Gasteiger partial charge in [0.25, 0.3) is 5.91 Å². The predicted octanol–water partition coefficient (Wildman–Crippen LogP) is 4.22. The molecule has 7 nitrogen and oxygen atoms in total. The van der Waals surface area contributed by atoms with E-state index in [9.17, 15) is 23.9 Å². The molecule has 3 aromatic rings. The van der Waals surface area contributed by atoms with Gasteiger partial charge in [0, 0.05) is 23.2 Å². The Labute approximate surface area is 192 Å². The van der Waals surface area contributed by atoms with E-state index in [1.165, 1.54) is 39.0 Å². The van der Waals surface area contributed by atoms with Crippen molar-refractivity contribution in [3.8, 4) is 5.75 Å². The zero-order valence-electron chi connectivity index (χ0n) is 17.9. The van der Waals surface area contributed by atoms with Crippen LogP contribution in [-0.2, 0) is 9.59 Å². The zero-order valence-corrected chi connectivity index (χ0v) is 18.7. The fraction of sp³-hybridized carbons (Fsp3) is 0.261. The highest BCUT2D eigenvalue weighted by molar-refractivity contribution is 6.30. The van der Waals surface area contributed by atoms with Gasteiger partial charge in [-0.1, -0.05) is 18.5 Å². The van der Waals surface area contributed by atoms with E-state index in [4.69, 9.17) is 16.7 Å². The molecule has 0 bridgehead atoms. The van der Waals surface area contributed by atoms with E-state index in [0.29, 0.717) is 0 Å². The number of fused-ring (bicyclic) bond motifs is 1. The number of aromatic nitrogens is 1. The number of halogens is 3. The van der Waals surface area contributed by atoms with Gasteiger partial charge in [-0.2, -0.15) is 0 Å². The van der Waals surface area contributed by atoms with Crippen molar-refractivity contribution >= 4 is 40.3 Å². The first-order valence-corrected chi connectivity index (χ1v) is 10.4. The van der Waals surface area contributed by atoms with Crippen LogP contribution >= 0.6 is 11.6 Å². The lowest BCUT2D eigenvalue weighted by Gasteiger charge is -2.15. The Kier molecular flexibility index (Phi) is 6.73. The van der Waals surface area contributed by atoms with Crippen molar-refractivity contribution < 1.29 is 33.4 Å². The molecule has 33 heavy (non-hydrogen) atoms. The molecule has 0 aliphatic rings. The summed E-state index contributed by atoms with van der Waals surface area (Å²) in [7, 11) is 0. The van der Waals surface area contributed by atoms with Gasteiger partial charge >= 0.3 is 5.97 Å². The van der Waals surface area contributed by atoms with Crippen LogP contribution in [0, 0.1) is 24.5 Å². The fourth-order valence-corrected chi connectivity index (χ4v) is 3.77. The van der Waals surface area contributed by atoms with E-state index in [0.717, 1.165) is 16.7 Å². The number of aromatic hydroxyl groups is 1. The molecule has 174 valence electrons. The van der Waals surface area contributed by atoms with E-state index in [2.05, 4.69) is 5.32 Å². The molecule has 0 fully saturated rings. The molecule has 0 saturated heterocycles. The second-order valence-electron chi connectivity index (χ2n) is 7.77. The van der Waals surface area contributed by atoms with E-state index in [1.54, 1.807) is 0 Å². The fourth-order valence-electron chi connectivity index (χ4n) is 3.65. The Morgan fingerprint density at radius 2 is 1.82 bits per heavy atom. The molecule has 1 aromatic heterocycles. The summed E-state index contributed by atoms with van der Waals surface area (Å²) in [5, 5.41) is 21.1. The van der Waals surface area contributed by atoms with Crippen molar-refractivity contribution in [2.45, 2.75) is 26.7 Å². The minimum absolute atomic E-state index is 0.0516. The minimum atomic E-state index is -1.09. The summed E-state index contributed by atoms with van der Waals surface area (Å²) in [6, 6.07) is 5.89. The van der Waals surface area contributed by atoms with E-state index < -0.39 is 47.0 Å². The second kappa shape index (κ2) is 9.19. The van der Waals surface area contributed by atoms with Gasteiger partial charge in [0.05, 0.1) is 22.4 Å². The Balaban J connectivity index is 2.14. The van der Waals surface area contributed by atoms with Gasteiger partial charge in [0.15, 0.2) is 11.6 Å². The Hall–Kier alpha value is -3.46. The first-order valence-electron chi connectivity index (χ1n) is 9.98. The van der Waals surface area contributed by atoms with Gasteiger partial charge in [-0.3, -0.25) is 19.0 Å². The first-order chi connectivity index (χ1) is 15.5. The number of carbonyl (C=O) groups is 3. The van der Waals surface area contributed by atoms with Crippen molar-refractivity contribution in [1.82, 2.24) is 9.88 Å². The number of hydrogen-bond acceptors (Lipinski definition) is 4. The average Bonchev–Trinajstić information content (AvgIpc) is 3.07. The molecule has 2 aromatic carbocycles. The zero-order chi connectivity index (χ0) is 24.6. The summed E-state index contributed by atoms with van der Waals surface area (Å²) in [5.41, 5.74) is 0.381.